The van der Waals surface area contributed by atoms with E-state index in [-0.39, 0.29) is 6.03 Å². The molecule has 0 spiro atoms. The highest BCUT2D eigenvalue weighted by atomic mass is 35.5. The number of hydrogen-bond donors (Lipinski definition) is 1. The largest absolute Gasteiger partial charge is 0.322 e. The first-order chi connectivity index (χ1) is 11.5. The lowest BCUT2D eigenvalue weighted by Gasteiger charge is -2.38. The van der Waals surface area contributed by atoms with Crippen molar-refractivity contribution in [2.24, 2.45) is 7.05 Å². The van der Waals surface area contributed by atoms with E-state index in [1.165, 1.54) is 5.56 Å². The first-order valence-corrected chi connectivity index (χ1v) is 8.45. The Labute approximate surface area is 147 Å². The monoisotopic (exact) mass is 347 g/mol. The maximum Gasteiger partial charge on any atom is 0.322 e. The van der Waals surface area contributed by atoms with Crippen LogP contribution in [0.4, 0.5) is 10.5 Å². The van der Waals surface area contributed by atoms with Crippen LogP contribution in [0, 0.1) is 0 Å². The molecule has 1 fully saturated rings. The maximum absolute atomic E-state index is 12.3. The van der Waals surface area contributed by atoms with E-state index in [4.69, 9.17) is 11.6 Å². The Morgan fingerprint density at radius 3 is 2.46 bits per heavy atom. The zero-order chi connectivity index (χ0) is 17.1. The number of rotatable bonds is 3. The Morgan fingerprint density at radius 1 is 1.21 bits per heavy atom. The van der Waals surface area contributed by atoms with Gasteiger partial charge in [-0.1, -0.05) is 23.7 Å². The molecule has 6 nitrogen and oxygen atoms in total. The van der Waals surface area contributed by atoms with E-state index >= 15 is 0 Å². The summed E-state index contributed by atoms with van der Waals surface area (Å²) in [6.07, 6.45) is 3.44. The van der Waals surface area contributed by atoms with Crippen LogP contribution in [-0.2, 0) is 7.05 Å². The van der Waals surface area contributed by atoms with Gasteiger partial charge in [0, 0.05) is 50.5 Å². The summed E-state index contributed by atoms with van der Waals surface area (Å²) in [4.78, 5) is 16.5. The zero-order valence-corrected chi connectivity index (χ0v) is 14.7. The van der Waals surface area contributed by atoms with Gasteiger partial charge in [0.25, 0.3) is 0 Å². The molecule has 0 saturated carbocycles. The number of aromatic nitrogens is 2. The molecule has 1 saturated heterocycles. The summed E-state index contributed by atoms with van der Waals surface area (Å²) in [5.74, 6) is 0. The normalized spacial score (nSPS) is 16.9. The fourth-order valence-electron chi connectivity index (χ4n) is 2.95. The van der Waals surface area contributed by atoms with Crippen molar-refractivity contribution in [3.8, 4) is 0 Å². The van der Waals surface area contributed by atoms with Crippen LogP contribution < -0.4 is 5.32 Å². The Balaban J connectivity index is 1.53. The number of carbonyl (C=O) groups excluding carboxylic acids is 1. The van der Waals surface area contributed by atoms with Crippen LogP contribution in [0.25, 0.3) is 0 Å². The van der Waals surface area contributed by atoms with Crippen molar-refractivity contribution < 1.29 is 4.79 Å². The second kappa shape index (κ2) is 7.23. The molecule has 2 amide bonds. The lowest BCUT2D eigenvalue weighted by Crippen LogP contribution is -2.50. The number of carbonyl (C=O) groups is 1. The average Bonchev–Trinajstić information content (AvgIpc) is 3.00. The molecule has 1 aromatic carbocycles. The van der Waals surface area contributed by atoms with Gasteiger partial charge in [0.1, 0.15) is 0 Å². The van der Waals surface area contributed by atoms with Crippen molar-refractivity contribution in [3.63, 3.8) is 0 Å². The van der Waals surface area contributed by atoms with Crippen LogP contribution in [0.5, 0.6) is 0 Å². The second-order valence-corrected chi connectivity index (χ2v) is 6.52. The van der Waals surface area contributed by atoms with E-state index in [1.54, 1.807) is 17.1 Å². The molecule has 0 bridgehead atoms. The van der Waals surface area contributed by atoms with Gasteiger partial charge in [-0.3, -0.25) is 9.58 Å². The number of aryl methyl sites for hydroxylation is 1. The van der Waals surface area contributed by atoms with E-state index < -0.39 is 0 Å². The van der Waals surface area contributed by atoms with Crippen LogP contribution in [-0.4, -0.2) is 51.8 Å². The van der Waals surface area contributed by atoms with Gasteiger partial charge in [-0.15, -0.1) is 0 Å². The predicted octanol–water partition coefficient (Wildman–Crippen LogP) is 2.98. The number of urea groups is 1. The summed E-state index contributed by atoms with van der Waals surface area (Å²) in [5, 5.41) is 7.69. The lowest BCUT2D eigenvalue weighted by atomic mass is 10.1. The molecule has 2 aromatic rings. The summed E-state index contributed by atoms with van der Waals surface area (Å²) >= 11 is 5.95. The van der Waals surface area contributed by atoms with Crippen LogP contribution in [0.15, 0.2) is 36.7 Å². The molecule has 0 aliphatic carbocycles. The number of amides is 2. The third kappa shape index (κ3) is 3.88. The fraction of sp³-hybridized carbons (Fsp3) is 0.412. The van der Waals surface area contributed by atoms with E-state index in [2.05, 4.69) is 34.4 Å². The standard InChI is InChI=1S/C17H22ClN5O/c1-13(14-3-5-15(18)6-4-14)22-7-9-23(10-8-22)17(24)20-16-11-19-21(2)12-16/h3-6,11-13H,7-10H2,1-2H3,(H,20,24). The van der Waals surface area contributed by atoms with Crippen molar-refractivity contribution in [2.45, 2.75) is 13.0 Å². The molecule has 24 heavy (non-hydrogen) atoms. The molecule has 128 valence electrons. The number of halogens is 1. The highest BCUT2D eigenvalue weighted by Gasteiger charge is 2.24. The number of hydrogen-bond acceptors (Lipinski definition) is 3. The van der Waals surface area contributed by atoms with Gasteiger partial charge < -0.3 is 10.2 Å². The molecule has 1 aliphatic heterocycles. The highest BCUT2D eigenvalue weighted by Crippen LogP contribution is 2.23. The lowest BCUT2D eigenvalue weighted by molar-refractivity contribution is 0.119. The van der Waals surface area contributed by atoms with Crippen molar-refractivity contribution in [3.05, 3.63) is 47.2 Å². The minimum atomic E-state index is -0.0678. The number of benzene rings is 1. The summed E-state index contributed by atoms with van der Waals surface area (Å²) < 4.78 is 1.67. The zero-order valence-electron chi connectivity index (χ0n) is 13.9. The predicted molar refractivity (Wildman–Crippen MR) is 95.2 cm³/mol. The summed E-state index contributed by atoms with van der Waals surface area (Å²) in [6.45, 7) is 5.32. The van der Waals surface area contributed by atoms with Crippen molar-refractivity contribution in [1.82, 2.24) is 19.6 Å². The van der Waals surface area contributed by atoms with Gasteiger partial charge in [0.2, 0.25) is 0 Å². The third-order valence-corrected chi connectivity index (χ3v) is 4.71. The Hall–Kier alpha value is -2.05. The smallest absolute Gasteiger partial charge is 0.322 e. The second-order valence-electron chi connectivity index (χ2n) is 6.08. The molecule has 3 rings (SSSR count). The fourth-order valence-corrected chi connectivity index (χ4v) is 3.08. The van der Waals surface area contributed by atoms with Crippen molar-refractivity contribution in [1.29, 1.82) is 0 Å². The molecule has 1 atom stereocenters. The van der Waals surface area contributed by atoms with Gasteiger partial charge in [-0.2, -0.15) is 5.10 Å². The molecule has 0 radical (unpaired) electrons. The van der Waals surface area contributed by atoms with Crippen LogP contribution in [0.1, 0.15) is 18.5 Å². The summed E-state index contributed by atoms with van der Waals surface area (Å²) in [7, 11) is 1.83. The molecular weight excluding hydrogens is 326 g/mol. The quantitative estimate of drug-likeness (QED) is 0.928. The first-order valence-electron chi connectivity index (χ1n) is 8.07. The van der Waals surface area contributed by atoms with Crippen molar-refractivity contribution >= 4 is 23.3 Å². The van der Waals surface area contributed by atoms with E-state index in [1.807, 2.05) is 24.1 Å². The molecule has 2 heterocycles. The molecular formula is C17H22ClN5O. The Morgan fingerprint density at radius 2 is 1.88 bits per heavy atom. The first kappa shape index (κ1) is 16.8. The molecule has 1 unspecified atom stereocenters. The van der Waals surface area contributed by atoms with Gasteiger partial charge in [0.15, 0.2) is 0 Å². The minimum absolute atomic E-state index is 0.0678. The topological polar surface area (TPSA) is 53.4 Å². The van der Waals surface area contributed by atoms with Crippen molar-refractivity contribution in [2.75, 3.05) is 31.5 Å². The molecule has 1 aliphatic rings. The van der Waals surface area contributed by atoms with E-state index in [9.17, 15) is 4.79 Å². The Kier molecular flexibility index (Phi) is 5.06. The SMILES string of the molecule is CC(c1ccc(Cl)cc1)N1CCN(C(=O)Nc2cnn(C)c2)CC1. The van der Waals surface area contributed by atoms with E-state index in [0.717, 1.165) is 23.8 Å². The number of nitrogens with zero attached hydrogens (tertiary/aromatic N) is 4. The van der Waals surface area contributed by atoms with Crippen LogP contribution in [0.3, 0.4) is 0 Å². The van der Waals surface area contributed by atoms with Crippen LogP contribution >= 0.6 is 11.6 Å². The van der Waals surface area contributed by atoms with Gasteiger partial charge in [-0.05, 0) is 24.6 Å². The molecule has 7 heteroatoms. The van der Waals surface area contributed by atoms with Crippen LogP contribution in [0.2, 0.25) is 5.02 Å². The average molecular weight is 348 g/mol. The molecule has 1 N–H and O–H groups in total. The summed E-state index contributed by atoms with van der Waals surface area (Å²) in [6, 6.07) is 8.21. The minimum Gasteiger partial charge on any atom is -0.322 e. The third-order valence-electron chi connectivity index (χ3n) is 4.46. The molecule has 1 aromatic heterocycles. The number of nitrogens with one attached hydrogen (secondary N) is 1. The number of anilines is 1. The number of piperazine rings is 1. The van der Waals surface area contributed by atoms with Gasteiger partial charge >= 0.3 is 6.03 Å². The van der Waals surface area contributed by atoms with Gasteiger partial charge in [0.05, 0.1) is 11.9 Å². The highest BCUT2D eigenvalue weighted by molar-refractivity contribution is 6.30. The van der Waals surface area contributed by atoms with E-state index in [0.29, 0.717) is 19.1 Å². The summed E-state index contributed by atoms with van der Waals surface area (Å²) in [5.41, 5.74) is 1.96. The maximum atomic E-state index is 12.3. The van der Waals surface area contributed by atoms with Gasteiger partial charge in [-0.25, -0.2) is 4.79 Å². The Bertz CT molecular complexity index is 691.